The fourth-order valence-electron chi connectivity index (χ4n) is 3.62. The van der Waals surface area contributed by atoms with Gasteiger partial charge in [-0.25, -0.2) is 0 Å². The number of hydrogen-bond acceptors (Lipinski definition) is 6. The van der Waals surface area contributed by atoms with Crippen molar-refractivity contribution in [2.24, 2.45) is 0 Å². The van der Waals surface area contributed by atoms with Gasteiger partial charge in [-0.15, -0.1) is 0 Å². The van der Waals surface area contributed by atoms with Crippen LogP contribution in [0, 0.1) is 20.8 Å². The zero-order valence-electron chi connectivity index (χ0n) is 17.8. The summed E-state index contributed by atoms with van der Waals surface area (Å²) in [5.74, 6) is 3.04. The SMILES string of the molecule is COc1cc(-c2ccc(OCC(=O)c3ccc(C)o3)cc2)cc(=O)c2c(C)oc(C)c12. The number of carbonyl (C=O) groups excluding carboxylic acids is 1. The van der Waals surface area contributed by atoms with Gasteiger partial charge in [0.2, 0.25) is 5.78 Å². The van der Waals surface area contributed by atoms with Gasteiger partial charge in [0, 0.05) is 0 Å². The number of rotatable bonds is 6. The molecular formula is C25H22O6. The zero-order chi connectivity index (χ0) is 22.1. The molecule has 2 aromatic carbocycles. The van der Waals surface area contributed by atoms with Gasteiger partial charge in [0.1, 0.15) is 28.8 Å². The molecule has 0 bridgehead atoms. The van der Waals surface area contributed by atoms with Gasteiger partial charge >= 0.3 is 0 Å². The highest BCUT2D eigenvalue weighted by atomic mass is 16.5. The van der Waals surface area contributed by atoms with E-state index in [9.17, 15) is 9.59 Å². The predicted octanol–water partition coefficient (Wildman–Crippen LogP) is 5.25. The van der Waals surface area contributed by atoms with Crippen LogP contribution in [0.25, 0.3) is 21.9 Å². The van der Waals surface area contributed by atoms with Gasteiger partial charge in [0.05, 0.1) is 17.9 Å². The van der Waals surface area contributed by atoms with E-state index >= 15 is 0 Å². The average Bonchev–Trinajstić information content (AvgIpc) is 3.27. The fourth-order valence-corrected chi connectivity index (χ4v) is 3.62. The number of aryl methyl sites for hydroxylation is 3. The molecule has 2 heterocycles. The Morgan fingerprint density at radius 1 is 0.871 bits per heavy atom. The zero-order valence-corrected chi connectivity index (χ0v) is 17.8. The number of methoxy groups -OCH3 is 1. The maximum absolute atomic E-state index is 12.9. The van der Waals surface area contributed by atoms with E-state index in [1.165, 1.54) is 0 Å². The molecule has 0 amide bonds. The molecule has 0 saturated heterocycles. The first-order valence-corrected chi connectivity index (χ1v) is 9.82. The maximum atomic E-state index is 12.9. The molecule has 0 fully saturated rings. The number of benzene rings is 1. The lowest BCUT2D eigenvalue weighted by Gasteiger charge is -2.06. The molecule has 0 aliphatic rings. The normalized spacial score (nSPS) is 11.0. The lowest BCUT2D eigenvalue weighted by atomic mass is 10.1. The predicted molar refractivity (Wildman–Crippen MR) is 117 cm³/mol. The highest BCUT2D eigenvalue weighted by molar-refractivity contribution is 5.95. The van der Waals surface area contributed by atoms with Gasteiger partial charge in [0.25, 0.3) is 0 Å². The van der Waals surface area contributed by atoms with Crippen molar-refractivity contribution in [2.45, 2.75) is 20.8 Å². The molecule has 158 valence electrons. The second kappa shape index (κ2) is 8.14. The lowest BCUT2D eigenvalue weighted by molar-refractivity contribution is 0.0892. The Morgan fingerprint density at radius 3 is 2.23 bits per heavy atom. The monoisotopic (exact) mass is 418 g/mol. The van der Waals surface area contributed by atoms with E-state index in [2.05, 4.69) is 0 Å². The van der Waals surface area contributed by atoms with E-state index < -0.39 is 0 Å². The second-order valence-corrected chi connectivity index (χ2v) is 7.29. The summed E-state index contributed by atoms with van der Waals surface area (Å²) in [6.45, 7) is 5.24. The van der Waals surface area contributed by atoms with Crippen LogP contribution in [-0.2, 0) is 0 Å². The molecule has 6 nitrogen and oxygen atoms in total. The Bertz CT molecular complexity index is 1320. The number of furan rings is 2. The summed E-state index contributed by atoms with van der Waals surface area (Å²) in [6.07, 6.45) is 0. The largest absolute Gasteiger partial charge is 0.496 e. The summed E-state index contributed by atoms with van der Waals surface area (Å²) < 4.78 is 22.1. The van der Waals surface area contributed by atoms with Crippen LogP contribution in [0.15, 0.2) is 62.2 Å². The third kappa shape index (κ3) is 3.97. The number of ketones is 1. The fraction of sp³-hybridized carbons (Fsp3) is 0.200. The topological polar surface area (TPSA) is 78.9 Å². The number of Topliss-reactive ketones (excluding diaryl/α,β-unsaturated/α-hetero) is 1. The van der Waals surface area contributed by atoms with Crippen molar-refractivity contribution in [1.29, 1.82) is 0 Å². The molecule has 0 unspecified atom stereocenters. The first-order valence-electron chi connectivity index (χ1n) is 9.82. The number of carbonyl (C=O) groups is 1. The van der Waals surface area contributed by atoms with Crippen molar-refractivity contribution in [3.05, 3.63) is 81.8 Å². The van der Waals surface area contributed by atoms with Crippen LogP contribution in [-0.4, -0.2) is 19.5 Å². The summed E-state index contributed by atoms with van der Waals surface area (Å²) in [5, 5.41) is 1.20. The van der Waals surface area contributed by atoms with Gasteiger partial charge < -0.3 is 18.3 Å². The van der Waals surface area contributed by atoms with Crippen LogP contribution in [0.2, 0.25) is 0 Å². The summed E-state index contributed by atoms with van der Waals surface area (Å²) in [4.78, 5) is 25.0. The quantitative estimate of drug-likeness (QED) is 0.398. The molecule has 0 N–H and O–H groups in total. The summed E-state index contributed by atoms with van der Waals surface area (Å²) in [5.41, 5.74) is 1.40. The van der Waals surface area contributed by atoms with Gasteiger partial charge in [-0.3, -0.25) is 9.59 Å². The third-order valence-corrected chi connectivity index (χ3v) is 5.12. The molecule has 4 aromatic rings. The van der Waals surface area contributed by atoms with Gasteiger partial charge in [-0.2, -0.15) is 0 Å². The molecule has 0 saturated carbocycles. The summed E-state index contributed by atoms with van der Waals surface area (Å²) in [6, 6.07) is 13.9. The first-order chi connectivity index (χ1) is 14.9. The lowest BCUT2D eigenvalue weighted by Crippen LogP contribution is -2.10. The van der Waals surface area contributed by atoms with Crippen molar-refractivity contribution >= 4 is 16.6 Å². The Morgan fingerprint density at radius 2 is 1.58 bits per heavy atom. The van der Waals surface area contributed by atoms with E-state index in [1.807, 2.05) is 25.1 Å². The van der Waals surface area contributed by atoms with Crippen molar-refractivity contribution in [2.75, 3.05) is 13.7 Å². The highest BCUT2D eigenvalue weighted by Crippen LogP contribution is 2.33. The molecule has 0 aliphatic carbocycles. The molecule has 0 radical (unpaired) electrons. The number of hydrogen-bond donors (Lipinski definition) is 0. The van der Waals surface area contributed by atoms with E-state index in [-0.39, 0.29) is 23.6 Å². The van der Waals surface area contributed by atoms with Crippen molar-refractivity contribution in [3.8, 4) is 22.6 Å². The van der Waals surface area contributed by atoms with Crippen LogP contribution in [0.4, 0.5) is 0 Å². The summed E-state index contributed by atoms with van der Waals surface area (Å²) in [7, 11) is 1.57. The van der Waals surface area contributed by atoms with Crippen molar-refractivity contribution < 1.29 is 23.1 Å². The second-order valence-electron chi connectivity index (χ2n) is 7.29. The average molecular weight is 418 g/mol. The molecule has 0 atom stereocenters. The minimum Gasteiger partial charge on any atom is -0.496 e. The molecule has 6 heteroatoms. The van der Waals surface area contributed by atoms with Crippen LogP contribution in [0.5, 0.6) is 11.5 Å². The standard InChI is InChI=1S/C25H22O6/c1-14-5-10-22(30-14)21(27)13-29-19-8-6-17(7-9-19)18-11-20(26)24-15(2)31-16(3)25(24)23(12-18)28-4/h5-12H,13H2,1-4H3. The molecule has 2 aromatic heterocycles. The number of ether oxygens (including phenoxy) is 2. The molecule has 0 spiro atoms. The van der Waals surface area contributed by atoms with Crippen LogP contribution in [0.1, 0.15) is 27.8 Å². The van der Waals surface area contributed by atoms with Crippen LogP contribution >= 0.6 is 0 Å². The Kier molecular flexibility index (Phi) is 5.38. The van der Waals surface area contributed by atoms with Gasteiger partial charge in [-0.1, -0.05) is 12.1 Å². The third-order valence-electron chi connectivity index (χ3n) is 5.12. The minimum atomic E-state index is -0.233. The van der Waals surface area contributed by atoms with Crippen molar-refractivity contribution in [1.82, 2.24) is 0 Å². The molecule has 0 aliphatic heterocycles. The van der Waals surface area contributed by atoms with Crippen molar-refractivity contribution in [3.63, 3.8) is 0 Å². The molecular weight excluding hydrogens is 396 g/mol. The van der Waals surface area contributed by atoms with Gasteiger partial charge in [0.15, 0.2) is 17.8 Å². The van der Waals surface area contributed by atoms with E-state index in [4.69, 9.17) is 18.3 Å². The Labute approximate surface area is 179 Å². The highest BCUT2D eigenvalue weighted by Gasteiger charge is 2.16. The molecule has 31 heavy (non-hydrogen) atoms. The summed E-state index contributed by atoms with van der Waals surface area (Å²) >= 11 is 0. The smallest absolute Gasteiger partial charge is 0.235 e. The maximum Gasteiger partial charge on any atom is 0.235 e. The number of fused-ring (bicyclic) bond motifs is 1. The van der Waals surface area contributed by atoms with E-state index in [1.54, 1.807) is 51.3 Å². The van der Waals surface area contributed by atoms with Crippen LogP contribution in [0.3, 0.4) is 0 Å². The van der Waals surface area contributed by atoms with E-state index in [0.29, 0.717) is 45.1 Å². The Balaban J connectivity index is 1.62. The van der Waals surface area contributed by atoms with Crippen LogP contribution < -0.4 is 14.9 Å². The van der Waals surface area contributed by atoms with Gasteiger partial charge in [-0.05, 0) is 68.3 Å². The minimum absolute atomic E-state index is 0.123. The van der Waals surface area contributed by atoms with E-state index in [0.717, 1.165) is 5.56 Å². The Hall–Kier alpha value is -3.80. The molecule has 4 rings (SSSR count). The first kappa shape index (κ1) is 20.5.